The van der Waals surface area contributed by atoms with Crippen LogP contribution in [-0.4, -0.2) is 73.0 Å². The van der Waals surface area contributed by atoms with Crippen molar-refractivity contribution in [1.82, 2.24) is 14.8 Å². The van der Waals surface area contributed by atoms with Crippen molar-refractivity contribution in [3.8, 4) is 0 Å². The van der Waals surface area contributed by atoms with E-state index in [2.05, 4.69) is 15.2 Å². The summed E-state index contributed by atoms with van der Waals surface area (Å²) in [4.78, 5) is 32.6. The summed E-state index contributed by atoms with van der Waals surface area (Å²) in [6, 6.07) is 0. The largest absolute Gasteiger partial charge is 0.383 e. The number of rotatable bonds is 7. The molecule has 24 heavy (non-hydrogen) atoms. The first kappa shape index (κ1) is 18.8. The van der Waals surface area contributed by atoms with Crippen molar-refractivity contribution in [2.45, 2.75) is 20.3 Å². The van der Waals surface area contributed by atoms with Crippen molar-refractivity contribution in [1.29, 1.82) is 0 Å². The van der Waals surface area contributed by atoms with Gasteiger partial charge in [-0.15, -0.1) is 11.3 Å². The van der Waals surface area contributed by atoms with Crippen LogP contribution in [0.25, 0.3) is 0 Å². The molecule has 1 fully saturated rings. The van der Waals surface area contributed by atoms with Gasteiger partial charge in [0.2, 0.25) is 5.91 Å². The number of aromatic nitrogens is 1. The fourth-order valence-corrected chi connectivity index (χ4v) is 3.23. The maximum absolute atomic E-state index is 12.5. The molecule has 0 saturated carbocycles. The third-order valence-electron chi connectivity index (χ3n) is 3.83. The molecule has 1 aromatic heterocycles. The van der Waals surface area contributed by atoms with Gasteiger partial charge < -0.3 is 15.0 Å². The second kappa shape index (κ2) is 9.10. The number of hydrogen-bond acceptors (Lipinski definition) is 6. The summed E-state index contributed by atoms with van der Waals surface area (Å²) in [7, 11) is 1.69. The van der Waals surface area contributed by atoms with Gasteiger partial charge in [-0.2, -0.15) is 0 Å². The van der Waals surface area contributed by atoms with Crippen LogP contribution in [0, 0.1) is 5.92 Å². The van der Waals surface area contributed by atoms with Crippen LogP contribution in [0.1, 0.15) is 30.8 Å². The van der Waals surface area contributed by atoms with Gasteiger partial charge in [0, 0.05) is 51.6 Å². The first-order chi connectivity index (χ1) is 11.5. The van der Waals surface area contributed by atoms with E-state index in [0.717, 1.165) is 19.6 Å². The molecule has 0 aliphatic carbocycles. The molecule has 1 aliphatic rings. The molecule has 1 aliphatic heterocycles. The zero-order valence-electron chi connectivity index (χ0n) is 14.6. The molecule has 0 bridgehead atoms. The summed E-state index contributed by atoms with van der Waals surface area (Å²) in [6.07, 6.45) is 0.451. The molecular formula is C16H26N4O3S. The van der Waals surface area contributed by atoms with E-state index in [4.69, 9.17) is 4.74 Å². The molecule has 7 nitrogen and oxygen atoms in total. The van der Waals surface area contributed by atoms with Crippen LogP contribution >= 0.6 is 11.3 Å². The quantitative estimate of drug-likeness (QED) is 0.804. The summed E-state index contributed by atoms with van der Waals surface area (Å²) < 4.78 is 5.08. The summed E-state index contributed by atoms with van der Waals surface area (Å²) in [6.45, 7) is 8.64. The third-order valence-corrected chi connectivity index (χ3v) is 4.59. The molecule has 0 unspecified atom stereocenters. The van der Waals surface area contributed by atoms with Crippen LogP contribution in [0.4, 0.5) is 5.13 Å². The molecule has 0 atom stereocenters. The Hall–Kier alpha value is -1.51. The van der Waals surface area contributed by atoms with Crippen LogP contribution in [0.2, 0.25) is 0 Å². The molecular weight excluding hydrogens is 328 g/mol. The number of thiazole rings is 1. The average molecular weight is 354 g/mol. The number of anilines is 1. The van der Waals surface area contributed by atoms with Crippen molar-refractivity contribution in [3.05, 3.63) is 11.1 Å². The molecule has 2 amide bonds. The zero-order chi connectivity index (χ0) is 17.5. The lowest BCUT2D eigenvalue weighted by Gasteiger charge is -2.34. The van der Waals surface area contributed by atoms with E-state index >= 15 is 0 Å². The van der Waals surface area contributed by atoms with E-state index in [1.165, 1.54) is 11.3 Å². The van der Waals surface area contributed by atoms with Gasteiger partial charge in [-0.25, -0.2) is 4.98 Å². The number of carbonyl (C=O) groups is 2. The smallest absolute Gasteiger partial charge is 0.273 e. The monoisotopic (exact) mass is 354 g/mol. The topological polar surface area (TPSA) is 74.8 Å². The predicted octanol–water partition coefficient (Wildman–Crippen LogP) is 1.53. The molecule has 2 heterocycles. The first-order valence-corrected chi connectivity index (χ1v) is 9.13. The van der Waals surface area contributed by atoms with Gasteiger partial charge in [0.25, 0.3) is 5.91 Å². The second-order valence-electron chi connectivity index (χ2n) is 6.31. The van der Waals surface area contributed by atoms with Crippen LogP contribution < -0.4 is 5.32 Å². The predicted molar refractivity (Wildman–Crippen MR) is 94.4 cm³/mol. The third kappa shape index (κ3) is 5.54. The molecule has 0 spiro atoms. The number of ether oxygens (including phenoxy) is 1. The Bertz CT molecular complexity index is 553. The Kier molecular flexibility index (Phi) is 7.14. The van der Waals surface area contributed by atoms with Gasteiger partial charge in [0.15, 0.2) is 5.13 Å². The van der Waals surface area contributed by atoms with Crippen LogP contribution in [0.15, 0.2) is 5.38 Å². The highest BCUT2D eigenvalue weighted by atomic mass is 32.1. The van der Waals surface area contributed by atoms with Crippen molar-refractivity contribution in [3.63, 3.8) is 0 Å². The number of amides is 2. The van der Waals surface area contributed by atoms with Crippen LogP contribution in [-0.2, 0) is 9.53 Å². The Morgan fingerprint density at radius 1 is 1.33 bits per heavy atom. The highest BCUT2D eigenvalue weighted by molar-refractivity contribution is 7.14. The van der Waals surface area contributed by atoms with E-state index in [9.17, 15) is 9.59 Å². The van der Waals surface area contributed by atoms with Gasteiger partial charge in [-0.3, -0.25) is 14.5 Å². The molecule has 0 aromatic carbocycles. The Balaban J connectivity index is 1.84. The number of methoxy groups -OCH3 is 1. The van der Waals surface area contributed by atoms with Crippen molar-refractivity contribution >= 4 is 28.3 Å². The average Bonchev–Trinajstić information content (AvgIpc) is 3.00. The minimum atomic E-state index is -0.0676. The molecule has 1 saturated heterocycles. The molecule has 1 N–H and O–H groups in total. The molecule has 0 radical (unpaired) electrons. The molecule has 1 aromatic rings. The van der Waals surface area contributed by atoms with Gasteiger partial charge in [0.1, 0.15) is 5.69 Å². The van der Waals surface area contributed by atoms with Gasteiger partial charge in [-0.05, 0) is 5.92 Å². The molecule has 2 rings (SSSR count). The van der Waals surface area contributed by atoms with E-state index < -0.39 is 0 Å². The number of nitrogens with zero attached hydrogens (tertiary/aromatic N) is 3. The first-order valence-electron chi connectivity index (χ1n) is 8.25. The Morgan fingerprint density at radius 2 is 2.04 bits per heavy atom. The second-order valence-corrected chi connectivity index (χ2v) is 7.17. The standard InChI is InChI=1S/C16H26N4O3S/c1-12(2)10-14(21)18-16-17-13(11-24-16)15(22)20-6-4-19(5-7-20)8-9-23-3/h11-12H,4-10H2,1-3H3,(H,17,18,21). The highest BCUT2D eigenvalue weighted by Crippen LogP contribution is 2.18. The van der Waals surface area contributed by atoms with Crippen LogP contribution in [0.5, 0.6) is 0 Å². The SMILES string of the molecule is COCCN1CCN(C(=O)c2csc(NC(=O)CC(C)C)n2)CC1. The van der Waals surface area contributed by atoms with Crippen molar-refractivity contribution < 1.29 is 14.3 Å². The number of carbonyl (C=O) groups excluding carboxylic acids is 2. The molecule has 8 heteroatoms. The lowest BCUT2D eigenvalue weighted by molar-refractivity contribution is -0.116. The Labute approximate surface area is 147 Å². The number of hydrogen-bond donors (Lipinski definition) is 1. The van der Waals surface area contributed by atoms with Gasteiger partial charge >= 0.3 is 0 Å². The number of piperazine rings is 1. The summed E-state index contributed by atoms with van der Waals surface area (Å²) in [5.74, 6) is 0.160. The maximum atomic E-state index is 12.5. The van der Waals surface area contributed by atoms with E-state index in [0.29, 0.717) is 42.9 Å². The fraction of sp³-hybridized carbons (Fsp3) is 0.688. The minimum Gasteiger partial charge on any atom is -0.383 e. The summed E-state index contributed by atoms with van der Waals surface area (Å²) in [5.41, 5.74) is 0.408. The Morgan fingerprint density at radius 3 is 2.67 bits per heavy atom. The normalized spacial score (nSPS) is 15.8. The lowest BCUT2D eigenvalue weighted by Crippen LogP contribution is -2.49. The summed E-state index contributed by atoms with van der Waals surface area (Å²) >= 11 is 1.29. The van der Waals surface area contributed by atoms with E-state index in [1.54, 1.807) is 12.5 Å². The lowest BCUT2D eigenvalue weighted by atomic mass is 10.1. The highest BCUT2D eigenvalue weighted by Gasteiger charge is 2.23. The maximum Gasteiger partial charge on any atom is 0.273 e. The van der Waals surface area contributed by atoms with E-state index in [1.807, 2.05) is 18.7 Å². The van der Waals surface area contributed by atoms with Gasteiger partial charge in [-0.1, -0.05) is 13.8 Å². The molecule has 134 valence electrons. The van der Waals surface area contributed by atoms with Crippen molar-refractivity contribution in [2.75, 3.05) is 51.8 Å². The minimum absolute atomic E-state index is 0.0647. The zero-order valence-corrected chi connectivity index (χ0v) is 15.4. The van der Waals surface area contributed by atoms with Crippen LogP contribution in [0.3, 0.4) is 0 Å². The van der Waals surface area contributed by atoms with Gasteiger partial charge in [0.05, 0.1) is 6.61 Å². The van der Waals surface area contributed by atoms with E-state index in [-0.39, 0.29) is 11.8 Å². The summed E-state index contributed by atoms with van der Waals surface area (Å²) in [5, 5.41) is 4.96. The van der Waals surface area contributed by atoms with Crippen molar-refractivity contribution in [2.24, 2.45) is 5.92 Å². The number of nitrogens with one attached hydrogen (secondary N) is 1. The fourth-order valence-electron chi connectivity index (χ4n) is 2.53.